The molecule has 0 aromatic heterocycles. The number of benzene rings is 1. The molecule has 0 unspecified atom stereocenters. The van der Waals surface area contributed by atoms with Crippen molar-refractivity contribution < 1.29 is 9.53 Å². The first-order valence-electron chi connectivity index (χ1n) is 10.3. The van der Waals surface area contributed by atoms with Crippen LogP contribution in [0.1, 0.15) is 41.6 Å². The Kier molecular flexibility index (Phi) is 5.50. The first kappa shape index (κ1) is 19.2. The number of rotatable bonds is 5. The Morgan fingerprint density at radius 3 is 2.56 bits per heavy atom. The van der Waals surface area contributed by atoms with Gasteiger partial charge in [0.1, 0.15) is 0 Å². The molecule has 0 spiro atoms. The number of likely N-dealkylation sites (N-methyl/N-ethyl adjacent to an activating group) is 1. The highest BCUT2D eigenvalue weighted by atomic mass is 35.5. The fourth-order valence-electron chi connectivity index (χ4n) is 4.78. The molecule has 2 saturated carbocycles. The number of hydrogen-bond acceptors (Lipinski definition) is 3. The number of ether oxygens (including phenoxy) is 1. The normalized spacial score (nSPS) is 30.6. The van der Waals surface area contributed by atoms with Crippen molar-refractivity contribution >= 4 is 17.5 Å². The van der Waals surface area contributed by atoms with E-state index in [-0.39, 0.29) is 5.91 Å². The summed E-state index contributed by atoms with van der Waals surface area (Å²) in [5, 5.41) is 0.714. The fraction of sp³-hybridized carbons (Fsp3) is 0.682. The highest BCUT2D eigenvalue weighted by molar-refractivity contribution is 6.31. The maximum Gasteiger partial charge on any atom is 0.253 e. The van der Waals surface area contributed by atoms with E-state index in [2.05, 4.69) is 19.0 Å². The molecule has 1 aromatic rings. The van der Waals surface area contributed by atoms with Gasteiger partial charge in [0.05, 0.1) is 6.10 Å². The molecule has 4 rings (SSSR count). The summed E-state index contributed by atoms with van der Waals surface area (Å²) in [5.41, 5.74) is 1.71. The van der Waals surface area contributed by atoms with E-state index in [0.29, 0.717) is 29.0 Å². The number of nitrogens with zero attached hydrogens (tertiary/aromatic N) is 2. The standard InChI is InChI=1S/C22H31ClN2O2/c1-14-8-16(6-7-19(14)23)22(26)25-11-17-9-20(24(2)3)21(10-18(17)12-25)27-13-15-4-5-15/h6-8,15,17-18,20-21H,4-5,9-13H2,1-3H3/t17-,18+,20-,21-/m1/s1. The lowest BCUT2D eigenvalue weighted by molar-refractivity contribution is -0.0493. The number of aryl methyl sites for hydroxylation is 1. The molecule has 1 aliphatic heterocycles. The highest BCUT2D eigenvalue weighted by Crippen LogP contribution is 2.40. The summed E-state index contributed by atoms with van der Waals surface area (Å²) in [6, 6.07) is 6.05. The van der Waals surface area contributed by atoms with Gasteiger partial charge < -0.3 is 14.5 Å². The minimum atomic E-state index is 0.140. The van der Waals surface area contributed by atoms with Gasteiger partial charge in [0, 0.05) is 36.3 Å². The first-order valence-corrected chi connectivity index (χ1v) is 10.6. The molecule has 1 saturated heterocycles. The van der Waals surface area contributed by atoms with Crippen LogP contribution in [0.15, 0.2) is 18.2 Å². The van der Waals surface area contributed by atoms with Gasteiger partial charge in [-0.3, -0.25) is 4.79 Å². The molecule has 1 heterocycles. The third-order valence-electron chi connectivity index (χ3n) is 6.68. The van der Waals surface area contributed by atoms with E-state index in [1.807, 2.05) is 30.0 Å². The topological polar surface area (TPSA) is 32.8 Å². The Labute approximate surface area is 167 Å². The summed E-state index contributed by atoms with van der Waals surface area (Å²) in [7, 11) is 4.32. The molecule has 4 nitrogen and oxygen atoms in total. The molecule has 148 valence electrons. The van der Waals surface area contributed by atoms with E-state index in [4.69, 9.17) is 16.3 Å². The third kappa shape index (κ3) is 4.18. The molecule has 0 radical (unpaired) electrons. The zero-order valence-electron chi connectivity index (χ0n) is 16.7. The summed E-state index contributed by atoms with van der Waals surface area (Å²) in [5.74, 6) is 2.07. The average molecular weight is 391 g/mol. The second-order valence-electron chi connectivity index (χ2n) is 9.01. The van der Waals surface area contributed by atoms with Crippen molar-refractivity contribution in [2.24, 2.45) is 17.8 Å². The maximum atomic E-state index is 13.0. The SMILES string of the molecule is Cc1cc(C(=O)N2C[C@H]3C[C@@H](N(C)C)[C@H](OCC4CC4)C[C@H]3C2)ccc1Cl. The molecule has 1 amide bonds. The fourth-order valence-corrected chi connectivity index (χ4v) is 4.90. The van der Waals surface area contributed by atoms with Crippen molar-refractivity contribution in [3.63, 3.8) is 0 Å². The molecular formula is C22H31ClN2O2. The van der Waals surface area contributed by atoms with E-state index in [0.717, 1.165) is 49.6 Å². The summed E-state index contributed by atoms with van der Waals surface area (Å²) < 4.78 is 6.34. The Morgan fingerprint density at radius 2 is 1.93 bits per heavy atom. The lowest BCUT2D eigenvalue weighted by atomic mass is 9.77. The van der Waals surface area contributed by atoms with E-state index < -0.39 is 0 Å². The van der Waals surface area contributed by atoms with Crippen LogP contribution < -0.4 is 0 Å². The van der Waals surface area contributed by atoms with Crippen LogP contribution in [0.2, 0.25) is 5.02 Å². The van der Waals surface area contributed by atoms with Crippen molar-refractivity contribution in [2.45, 2.75) is 44.8 Å². The molecular weight excluding hydrogens is 360 g/mol. The molecule has 0 N–H and O–H groups in total. The van der Waals surface area contributed by atoms with Gasteiger partial charge in [0.2, 0.25) is 0 Å². The lowest BCUT2D eigenvalue weighted by Crippen LogP contribution is -2.48. The van der Waals surface area contributed by atoms with Gasteiger partial charge in [0.25, 0.3) is 5.91 Å². The van der Waals surface area contributed by atoms with E-state index >= 15 is 0 Å². The Hall–Kier alpha value is -1.10. The summed E-state index contributed by atoms with van der Waals surface area (Å²) in [4.78, 5) is 17.4. The van der Waals surface area contributed by atoms with Crippen LogP contribution in [-0.4, -0.2) is 61.6 Å². The first-order chi connectivity index (χ1) is 12.9. The van der Waals surface area contributed by atoms with Crippen LogP contribution in [0.5, 0.6) is 0 Å². The summed E-state index contributed by atoms with van der Waals surface area (Å²) >= 11 is 6.12. The van der Waals surface area contributed by atoms with Crippen molar-refractivity contribution in [1.82, 2.24) is 9.80 Å². The number of carbonyl (C=O) groups is 1. The van der Waals surface area contributed by atoms with Crippen LogP contribution in [0, 0.1) is 24.7 Å². The third-order valence-corrected chi connectivity index (χ3v) is 7.11. The van der Waals surface area contributed by atoms with Crippen molar-refractivity contribution in [1.29, 1.82) is 0 Å². The number of fused-ring (bicyclic) bond motifs is 1. The lowest BCUT2D eigenvalue weighted by Gasteiger charge is -2.41. The largest absolute Gasteiger partial charge is 0.376 e. The number of halogens is 1. The molecule has 5 heteroatoms. The number of likely N-dealkylation sites (tertiary alicyclic amines) is 1. The number of amides is 1. The Morgan fingerprint density at radius 1 is 1.22 bits per heavy atom. The second-order valence-corrected chi connectivity index (χ2v) is 9.42. The highest BCUT2D eigenvalue weighted by Gasteiger charge is 2.45. The van der Waals surface area contributed by atoms with Crippen LogP contribution >= 0.6 is 11.6 Å². The van der Waals surface area contributed by atoms with E-state index in [1.54, 1.807) is 0 Å². The van der Waals surface area contributed by atoms with Gasteiger partial charge in [-0.25, -0.2) is 0 Å². The predicted octanol–water partition coefficient (Wildman–Crippen LogP) is 3.86. The molecule has 1 aromatic carbocycles. The molecule has 2 aliphatic carbocycles. The molecule has 4 atom stereocenters. The maximum absolute atomic E-state index is 13.0. The van der Waals surface area contributed by atoms with Crippen LogP contribution in [0.25, 0.3) is 0 Å². The van der Waals surface area contributed by atoms with Crippen LogP contribution in [0.4, 0.5) is 0 Å². The minimum absolute atomic E-state index is 0.140. The van der Waals surface area contributed by atoms with Gasteiger partial charge in [-0.15, -0.1) is 0 Å². The van der Waals surface area contributed by atoms with E-state index in [1.165, 1.54) is 12.8 Å². The zero-order valence-corrected chi connectivity index (χ0v) is 17.4. The van der Waals surface area contributed by atoms with Crippen molar-refractivity contribution in [3.05, 3.63) is 34.3 Å². The number of hydrogen-bond donors (Lipinski definition) is 0. The second kappa shape index (κ2) is 7.73. The van der Waals surface area contributed by atoms with Crippen molar-refractivity contribution in [2.75, 3.05) is 33.8 Å². The monoisotopic (exact) mass is 390 g/mol. The molecule has 3 aliphatic rings. The van der Waals surface area contributed by atoms with Crippen LogP contribution in [0.3, 0.4) is 0 Å². The zero-order chi connectivity index (χ0) is 19.1. The summed E-state index contributed by atoms with van der Waals surface area (Å²) in [6.45, 7) is 4.59. The van der Waals surface area contributed by atoms with Gasteiger partial charge in [-0.1, -0.05) is 11.6 Å². The molecule has 27 heavy (non-hydrogen) atoms. The van der Waals surface area contributed by atoms with Crippen LogP contribution in [-0.2, 0) is 4.74 Å². The molecule has 3 fully saturated rings. The molecule has 0 bridgehead atoms. The smallest absolute Gasteiger partial charge is 0.253 e. The Balaban J connectivity index is 1.43. The number of carbonyl (C=O) groups excluding carboxylic acids is 1. The average Bonchev–Trinajstić information content (AvgIpc) is 3.38. The quantitative estimate of drug-likeness (QED) is 0.765. The van der Waals surface area contributed by atoms with Gasteiger partial charge >= 0.3 is 0 Å². The van der Waals surface area contributed by atoms with Crippen molar-refractivity contribution in [3.8, 4) is 0 Å². The minimum Gasteiger partial charge on any atom is -0.376 e. The van der Waals surface area contributed by atoms with Gasteiger partial charge in [-0.05, 0) is 88.2 Å². The predicted molar refractivity (Wildman–Crippen MR) is 108 cm³/mol. The van der Waals surface area contributed by atoms with E-state index in [9.17, 15) is 4.79 Å². The van der Waals surface area contributed by atoms with Gasteiger partial charge in [0.15, 0.2) is 0 Å². The Bertz CT molecular complexity index is 704. The summed E-state index contributed by atoms with van der Waals surface area (Å²) in [6.07, 6.45) is 5.15. The van der Waals surface area contributed by atoms with Gasteiger partial charge in [-0.2, -0.15) is 0 Å².